The Bertz CT molecular complexity index is 276. The van der Waals surface area contributed by atoms with E-state index in [1.54, 1.807) is 0 Å². The Labute approximate surface area is 73.5 Å². The molecule has 0 unspecified atom stereocenters. The molecule has 0 amide bonds. The summed E-state index contributed by atoms with van der Waals surface area (Å²) in [6.07, 6.45) is -3.27. The minimum absolute atomic E-state index is 0.394. The van der Waals surface area contributed by atoms with Crippen molar-refractivity contribution >= 4 is 15.9 Å². The summed E-state index contributed by atoms with van der Waals surface area (Å²) in [7, 11) is 0. The predicted octanol–water partition coefficient (Wildman–Crippen LogP) is 3.00. The van der Waals surface area contributed by atoms with Crippen molar-refractivity contribution in [2.75, 3.05) is 0 Å². The van der Waals surface area contributed by atoms with Gasteiger partial charge in [0.15, 0.2) is 5.82 Å². The summed E-state index contributed by atoms with van der Waals surface area (Å²) >= 11 is 2.56. The third-order valence-corrected chi connectivity index (χ3v) is 1.74. The molecule has 0 fully saturated rings. The van der Waals surface area contributed by atoms with E-state index in [1.807, 2.05) is 0 Å². The number of hydrogen-bond acceptors (Lipinski definition) is 1. The van der Waals surface area contributed by atoms with Gasteiger partial charge in [0.25, 0.3) is 0 Å². The van der Waals surface area contributed by atoms with Crippen LogP contribution in [0.4, 0.5) is 17.6 Å². The third kappa shape index (κ3) is 1.74. The van der Waals surface area contributed by atoms with Crippen LogP contribution in [0.2, 0.25) is 0 Å². The molecule has 6 heteroatoms. The summed E-state index contributed by atoms with van der Waals surface area (Å²) in [4.78, 5) is 3.24. The highest BCUT2D eigenvalue weighted by atomic mass is 79.9. The van der Waals surface area contributed by atoms with Crippen molar-refractivity contribution in [2.24, 2.45) is 0 Å². The van der Waals surface area contributed by atoms with E-state index in [4.69, 9.17) is 0 Å². The molecular formula is C6H2BrF4N. The molecule has 0 aliphatic rings. The molecule has 0 spiro atoms. The minimum atomic E-state index is -4.69. The van der Waals surface area contributed by atoms with Crippen molar-refractivity contribution in [1.29, 1.82) is 0 Å². The van der Waals surface area contributed by atoms with Crippen LogP contribution in [0.15, 0.2) is 16.9 Å². The topological polar surface area (TPSA) is 12.9 Å². The first-order valence-corrected chi connectivity index (χ1v) is 3.58. The zero-order chi connectivity index (χ0) is 9.35. The number of pyridine rings is 1. The van der Waals surface area contributed by atoms with Crippen molar-refractivity contribution in [3.63, 3.8) is 0 Å². The molecule has 66 valence electrons. The first-order valence-electron chi connectivity index (χ1n) is 2.79. The largest absolute Gasteiger partial charge is 0.420 e. The summed E-state index contributed by atoms with van der Waals surface area (Å²) in [6.45, 7) is 0. The SMILES string of the molecule is Fc1cncc(Br)c1C(F)(F)F. The normalized spacial score (nSPS) is 11.8. The van der Waals surface area contributed by atoms with E-state index in [2.05, 4.69) is 20.9 Å². The molecule has 12 heavy (non-hydrogen) atoms. The van der Waals surface area contributed by atoms with Crippen molar-refractivity contribution in [3.8, 4) is 0 Å². The maximum absolute atomic E-state index is 12.5. The second-order valence-electron chi connectivity index (χ2n) is 1.98. The molecular weight excluding hydrogens is 242 g/mol. The molecule has 0 bridgehead atoms. The fourth-order valence-corrected chi connectivity index (χ4v) is 1.21. The first-order chi connectivity index (χ1) is 5.43. The number of nitrogens with zero attached hydrogens (tertiary/aromatic N) is 1. The molecule has 1 rings (SSSR count). The Morgan fingerprint density at radius 2 is 1.83 bits per heavy atom. The van der Waals surface area contributed by atoms with E-state index in [0.29, 0.717) is 6.20 Å². The number of halogens is 5. The quantitative estimate of drug-likeness (QED) is 0.639. The van der Waals surface area contributed by atoms with Gasteiger partial charge in [-0.1, -0.05) is 0 Å². The first kappa shape index (κ1) is 9.44. The zero-order valence-corrected chi connectivity index (χ0v) is 7.08. The van der Waals surface area contributed by atoms with Crippen molar-refractivity contribution in [1.82, 2.24) is 4.98 Å². The molecule has 0 saturated heterocycles. The summed E-state index contributed by atoms with van der Waals surface area (Å²) in [5, 5.41) is 0. The van der Waals surface area contributed by atoms with Gasteiger partial charge >= 0.3 is 6.18 Å². The van der Waals surface area contributed by atoms with E-state index < -0.39 is 22.0 Å². The van der Waals surface area contributed by atoms with Crippen LogP contribution in [0.1, 0.15) is 5.56 Å². The number of alkyl halides is 3. The Kier molecular flexibility index (Phi) is 2.36. The second-order valence-corrected chi connectivity index (χ2v) is 2.83. The molecule has 1 aromatic rings. The molecule has 0 saturated carbocycles. The van der Waals surface area contributed by atoms with E-state index >= 15 is 0 Å². The summed E-state index contributed by atoms with van der Waals surface area (Å²) in [5.41, 5.74) is -1.32. The lowest BCUT2D eigenvalue weighted by Gasteiger charge is -2.08. The maximum Gasteiger partial charge on any atom is 0.420 e. The van der Waals surface area contributed by atoms with E-state index in [9.17, 15) is 17.6 Å². The van der Waals surface area contributed by atoms with Gasteiger partial charge in [0, 0.05) is 6.20 Å². The number of hydrogen-bond donors (Lipinski definition) is 0. The zero-order valence-electron chi connectivity index (χ0n) is 5.49. The van der Waals surface area contributed by atoms with Gasteiger partial charge in [-0.15, -0.1) is 0 Å². The summed E-state index contributed by atoms with van der Waals surface area (Å²) < 4.78 is 48.2. The highest BCUT2D eigenvalue weighted by molar-refractivity contribution is 9.10. The fourth-order valence-electron chi connectivity index (χ4n) is 0.682. The molecule has 1 aromatic heterocycles. The highest BCUT2D eigenvalue weighted by Crippen LogP contribution is 2.35. The number of rotatable bonds is 0. The number of aromatic nitrogens is 1. The van der Waals surface area contributed by atoms with Gasteiger partial charge < -0.3 is 0 Å². The van der Waals surface area contributed by atoms with Gasteiger partial charge in [0.2, 0.25) is 0 Å². The summed E-state index contributed by atoms with van der Waals surface area (Å²) in [6, 6.07) is 0. The van der Waals surface area contributed by atoms with Gasteiger partial charge in [0.05, 0.1) is 10.7 Å². The van der Waals surface area contributed by atoms with Gasteiger partial charge in [-0.3, -0.25) is 4.98 Å². The lowest BCUT2D eigenvalue weighted by atomic mass is 10.2. The maximum atomic E-state index is 12.5. The smallest absolute Gasteiger partial charge is 0.260 e. The molecule has 0 atom stereocenters. The molecule has 1 nitrogen and oxygen atoms in total. The van der Waals surface area contributed by atoms with Crippen LogP contribution < -0.4 is 0 Å². The Morgan fingerprint density at radius 1 is 1.25 bits per heavy atom. The monoisotopic (exact) mass is 243 g/mol. The standard InChI is InChI=1S/C6H2BrF4N/c7-3-1-12-2-4(8)5(3)6(9,10)11/h1-2H. The van der Waals surface area contributed by atoms with Crippen LogP contribution >= 0.6 is 15.9 Å². The van der Waals surface area contributed by atoms with Gasteiger partial charge in [-0.05, 0) is 15.9 Å². The minimum Gasteiger partial charge on any atom is -0.260 e. The molecule has 0 radical (unpaired) electrons. The van der Waals surface area contributed by atoms with Crippen LogP contribution in [-0.4, -0.2) is 4.98 Å². The van der Waals surface area contributed by atoms with Crippen LogP contribution in [0, 0.1) is 5.82 Å². The van der Waals surface area contributed by atoms with Crippen molar-refractivity contribution in [2.45, 2.75) is 6.18 Å². The second kappa shape index (κ2) is 3.01. The molecule has 0 aliphatic carbocycles. The average Bonchev–Trinajstić information content (AvgIpc) is 1.82. The molecule has 0 aromatic carbocycles. The van der Waals surface area contributed by atoms with Gasteiger partial charge in [0.1, 0.15) is 5.56 Å². The predicted molar refractivity (Wildman–Crippen MR) is 36.9 cm³/mol. The van der Waals surface area contributed by atoms with Crippen LogP contribution in [-0.2, 0) is 6.18 Å². The van der Waals surface area contributed by atoms with Crippen LogP contribution in [0.3, 0.4) is 0 Å². The molecule has 1 heterocycles. The van der Waals surface area contributed by atoms with Crippen LogP contribution in [0.25, 0.3) is 0 Å². The lowest BCUT2D eigenvalue weighted by molar-refractivity contribution is -0.140. The molecule has 0 N–H and O–H groups in total. The molecule has 0 aliphatic heterocycles. The van der Waals surface area contributed by atoms with Crippen molar-refractivity contribution < 1.29 is 17.6 Å². The Balaban J connectivity index is 3.31. The van der Waals surface area contributed by atoms with E-state index in [-0.39, 0.29) is 0 Å². The lowest BCUT2D eigenvalue weighted by Crippen LogP contribution is -2.09. The van der Waals surface area contributed by atoms with Crippen LogP contribution in [0.5, 0.6) is 0 Å². The highest BCUT2D eigenvalue weighted by Gasteiger charge is 2.36. The van der Waals surface area contributed by atoms with E-state index in [1.165, 1.54) is 0 Å². The fraction of sp³-hybridized carbons (Fsp3) is 0.167. The van der Waals surface area contributed by atoms with Gasteiger partial charge in [-0.2, -0.15) is 13.2 Å². The van der Waals surface area contributed by atoms with Crippen molar-refractivity contribution in [3.05, 3.63) is 28.2 Å². The Hall–Kier alpha value is -0.650. The summed E-state index contributed by atoms with van der Waals surface area (Å²) in [5.74, 6) is -1.38. The Morgan fingerprint density at radius 3 is 2.17 bits per heavy atom. The van der Waals surface area contributed by atoms with E-state index in [0.717, 1.165) is 6.20 Å². The van der Waals surface area contributed by atoms with Gasteiger partial charge in [-0.25, -0.2) is 4.39 Å². The third-order valence-electron chi connectivity index (χ3n) is 1.14. The average molecular weight is 244 g/mol.